The minimum Gasteiger partial charge on any atom is -0.382 e. The Kier molecular flexibility index (Phi) is 4.58. The molecule has 3 rings (SSSR count). The van der Waals surface area contributed by atoms with Gasteiger partial charge in [-0.15, -0.1) is 0 Å². The highest BCUT2D eigenvalue weighted by molar-refractivity contribution is 5.40. The summed E-state index contributed by atoms with van der Waals surface area (Å²) in [6.45, 7) is 3.18. The molecule has 0 aliphatic carbocycles. The third-order valence-electron chi connectivity index (χ3n) is 3.46. The molecular weight excluding hydrogens is 266 g/mol. The summed E-state index contributed by atoms with van der Waals surface area (Å²) in [5.74, 6) is 1.27. The fraction of sp³-hybridized carbons (Fsp3) is 0.400. The Morgan fingerprint density at radius 3 is 3.00 bits per heavy atom. The van der Waals surface area contributed by atoms with E-state index in [-0.39, 0.29) is 0 Å². The lowest BCUT2D eigenvalue weighted by Crippen LogP contribution is -2.15. The summed E-state index contributed by atoms with van der Waals surface area (Å²) in [4.78, 5) is 12.7. The Morgan fingerprint density at radius 1 is 1.24 bits per heavy atom. The van der Waals surface area contributed by atoms with E-state index in [0.717, 1.165) is 49.9 Å². The lowest BCUT2D eigenvalue weighted by Gasteiger charge is -2.10. The molecular formula is C15H19N5O. The van der Waals surface area contributed by atoms with E-state index in [1.54, 1.807) is 12.5 Å². The maximum absolute atomic E-state index is 5.40. The summed E-state index contributed by atoms with van der Waals surface area (Å²) in [6, 6.07) is 5.93. The van der Waals surface area contributed by atoms with Crippen LogP contribution in [0, 0.1) is 0 Å². The van der Waals surface area contributed by atoms with Gasteiger partial charge in [-0.1, -0.05) is 0 Å². The summed E-state index contributed by atoms with van der Waals surface area (Å²) in [5.41, 5.74) is 2.08. The van der Waals surface area contributed by atoms with Gasteiger partial charge in [-0.3, -0.25) is 4.98 Å². The second-order valence-corrected chi connectivity index (χ2v) is 4.98. The van der Waals surface area contributed by atoms with Crippen LogP contribution in [0.5, 0.6) is 0 Å². The number of hydrogen-bond acceptors (Lipinski definition) is 6. The molecule has 2 aromatic rings. The van der Waals surface area contributed by atoms with Crippen molar-refractivity contribution >= 4 is 11.5 Å². The molecule has 1 aliphatic rings. The Bertz CT molecular complexity index is 557. The van der Waals surface area contributed by atoms with Crippen LogP contribution in [-0.4, -0.2) is 41.3 Å². The smallest absolute Gasteiger partial charge is 0.129 e. The number of ether oxygens (including phenoxy) is 1. The Hall–Kier alpha value is -2.21. The van der Waals surface area contributed by atoms with Gasteiger partial charge in [0.2, 0.25) is 0 Å². The number of nitrogens with one attached hydrogen (secondary N) is 2. The lowest BCUT2D eigenvalue weighted by atomic mass is 10.1. The first-order valence-corrected chi connectivity index (χ1v) is 7.19. The minimum absolute atomic E-state index is 0.405. The molecule has 0 unspecified atom stereocenters. The van der Waals surface area contributed by atoms with Crippen LogP contribution in [0.25, 0.3) is 0 Å². The molecule has 1 aliphatic heterocycles. The summed E-state index contributed by atoms with van der Waals surface area (Å²) in [5, 5.41) is 6.60. The van der Waals surface area contributed by atoms with Gasteiger partial charge >= 0.3 is 0 Å². The van der Waals surface area contributed by atoms with E-state index in [1.165, 1.54) is 0 Å². The predicted octanol–water partition coefficient (Wildman–Crippen LogP) is 1.90. The zero-order valence-electron chi connectivity index (χ0n) is 11.8. The van der Waals surface area contributed by atoms with Crippen LogP contribution >= 0.6 is 0 Å². The molecule has 0 radical (unpaired) electrons. The first kappa shape index (κ1) is 13.8. The molecule has 1 atom stereocenters. The molecule has 0 aromatic carbocycles. The molecule has 2 aromatic heterocycles. The molecule has 0 bridgehead atoms. The first-order chi connectivity index (χ1) is 10.4. The summed E-state index contributed by atoms with van der Waals surface area (Å²) in [7, 11) is 0. The fourth-order valence-corrected chi connectivity index (χ4v) is 2.32. The maximum atomic E-state index is 5.40. The second kappa shape index (κ2) is 6.99. The van der Waals surface area contributed by atoms with Gasteiger partial charge < -0.3 is 15.4 Å². The van der Waals surface area contributed by atoms with Gasteiger partial charge in [0, 0.05) is 44.1 Å². The van der Waals surface area contributed by atoms with Crippen molar-refractivity contribution in [3.63, 3.8) is 0 Å². The highest BCUT2D eigenvalue weighted by atomic mass is 16.5. The maximum Gasteiger partial charge on any atom is 0.129 e. The van der Waals surface area contributed by atoms with E-state index in [0.29, 0.717) is 5.92 Å². The molecule has 3 heterocycles. The van der Waals surface area contributed by atoms with Crippen LogP contribution in [0.2, 0.25) is 0 Å². The Labute approximate surface area is 124 Å². The number of anilines is 2. The van der Waals surface area contributed by atoms with Crippen LogP contribution in [0.15, 0.2) is 36.9 Å². The van der Waals surface area contributed by atoms with Gasteiger partial charge in [-0.2, -0.15) is 0 Å². The zero-order valence-corrected chi connectivity index (χ0v) is 11.8. The number of aromatic nitrogens is 3. The Balaban J connectivity index is 1.48. The molecule has 0 saturated carbocycles. The number of pyridine rings is 1. The number of hydrogen-bond donors (Lipinski definition) is 2. The normalized spacial score (nSPS) is 17.6. The Morgan fingerprint density at radius 2 is 2.19 bits per heavy atom. The predicted molar refractivity (Wildman–Crippen MR) is 81.4 cm³/mol. The van der Waals surface area contributed by atoms with Crippen molar-refractivity contribution in [1.29, 1.82) is 0 Å². The van der Waals surface area contributed by atoms with E-state index in [9.17, 15) is 0 Å². The average Bonchev–Trinajstić information content (AvgIpc) is 3.07. The molecule has 21 heavy (non-hydrogen) atoms. The average molecular weight is 285 g/mol. The molecule has 2 N–H and O–H groups in total. The highest BCUT2D eigenvalue weighted by Crippen LogP contribution is 2.24. The van der Waals surface area contributed by atoms with Crippen molar-refractivity contribution in [3.8, 4) is 0 Å². The van der Waals surface area contributed by atoms with E-state index in [1.807, 2.05) is 24.4 Å². The second-order valence-electron chi connectivity index (χ2n) is 4.98. The van der Waals surface area contributed by atoms with Crippen LogP contribution in [-0.2, 0) is 4.74 Å². The number of rotatable bonds is 6. The van der Waals surface area contributed by atoms with Crippen molar-refractivity contribution in [2.75, 3.05) is 36.9 Å². The van der Waals surface area contributed by atoms with Gasteiger partial charge in [-0.05, 0) is 18.6 Å². The lowest BCUT2D eigenvalue weighted by molar-refractivity contribution is 0.193. The molecule has 1 saturated heterocycles. The fourth-order valence-electron chi connectivity index (χ4n) is 2.32. The third kappa shape index (κ3) is 3.88. The van der Waals surface area contributed by atoms with E-state index in [4.69, 9.17) is 4.74 Å². The van der Waals surface area contributed by atoms with Gasteiger partial charge in [-0.25, -0.2) is 9.97 Å². The highest BCUT2D eigenvalue weighted by Gasteiger charge is 2.19. The van der Waals surface area contributed by atoms with E-state index >= 15 is 0 Å². The largest absolute Gasteiger partial charge is 0.382 e. The number of nitrogens with zero attached hydrogens (tertiary/aromatic N) is 3. The van der Waals surface area contributed by atoms with E-state index in [2.05, 4.69) is 25.6 Å². The van der Waals surface area contributed by atoms with Crippen LogP contribution in [0.4, 0.5) is 11.5 Å². The summed E-state index contributed by atoms with van der Waals surface area (Å²) < 4.78 is 5.40. The van der Waals surface area contributed by atoms with E-state index < -0.39 is 0 Å². The standard InChI is InChI=1S/C15H19N5O/c1-2-13(9-16-4-1)17-5-6-18-15-8-14(19-11-20-15)12-3-7-21-10-12/h1-2,4,8-9,11-12,17H,3,5-7,10H2,(H,18,19,20)/t12-/m0/s1. The molecule has 0 amide bonds. The quantitative estimate of drug-likeness (QED) is 0.790. The van der Waals surface area contributed by atoms with Crippen LogP contribution in [0.1, 0.15) is 18.0 Å². The topological polar surface area (TPSA) is 72.0 Å². The molecule has 1 fully saturated rings. The van der Waals surface area contributed by atoms with Gasteiger partial charge in [0.05, 0.1) is 18.0 Å². The summed E-state index contributed by atoms with van der Waals surface area (Å²) in [6.07, 6.45) is 6.23. The van der Waals surface area contributed by atoms with Gasteiger partial charge in [0.25, 0.3) is 0 Å². The molecule has 6 nitrogen and oxygen atoms in total. The first-order valence-electron chi connectivity index (χ1n) is 7.19. The van der Waals surface area contributed by atoms with Crippen molar-refractivity contribution < 1.29 is 4.74 Å². The molecule has 0 spiro atoms. The van der Waals surface area contributed by atoms with Crippen molar-refractivity contribution in [1.82, 2.24) is 15.0 Å². The monoisotopic (exact) mass is 285 g/mol. The van der Waals surface area contributed by atoms with Gasteiger partial charge in [0.15, 0.2) is 0 Å². The van der Waals surface area contributed by atoms with Crippen LogP contribution in [0.3, 0.4) is 0 Å². The molecule has 6 heteroatoms. The van der Waals surface area contributed by atoms with Gasteiger partial charge in [0.1, 0.15) is 12.1 Å². The minimum atomic E-state index is 0.405. The van der Waals surface area contributed by atoms with Crippen LogP contribution < -0.4 is 10.6 Å². The van der Waals surface area contributed by atoms with Crippen molar-refractivity contribution in [2.45, 2.75) is 12.3 Å². The SMILES string of the molecule is c1cncc(NCCNc2cc([C@H]3CCOC3)ncn2)c1. The van der Waals surface area contributed by atoms with Crippen molar-refractivity contribution in [3.05, 3.63) is 42.6 Å². The molecule has 110 valence electrons. The zero-order chi connectivity index (χ0) is 14.3. The third-order valence-corrected chi connectivity index (χ3v) is 3.46. The van der Waals surface area contributed by atoms with Crippen molar-refractivity contribution in [2.24, 2.45) is 0 Å². The summed E-state index contributed by atoms with van der Waals surface area (Å²) >= 11 is 0.